The van der Waals surface area contributed by atoms with Crippen LogP contribution in [-0.4, -0.2) is 33.0 Å². The zero-order valence-corrected chi connectivity index (χ0v) is 13.9. The number of aromatic nitrogens is 2. The minimum absolute atomic E-state index is 0.0240. The van der Waals surface area contributed by atoms with Crippen LogP contribution in [0.15, 0.2) is 30.5 Å². The Morgan fingerprint density at radius 1 is 1.42 bits per heavy atom. The minimum atomic E-state index is -0.584. The second-order valence-electron chi connectivity index (χ2n) is 5.53. The van der Waals surface area contributed by atoms with Gasteiger partial charge in [-0.1, -0.05) is 18.2 Å². The fourth-order valence-corrected chi connectivity index (χ4v) is 2.15. The number of hydrogen-bond donors (Lipinski definition) is 1. The van der Waals surface area contributed by atoms with Crippen molar-refractivity contribution < 1.29 is 14.5 Å². The van der Waals surface area contributed by atoms with Gasteiger partial charge in [0.25, 0.3) is 0 Å². The monoisotopic (exact) mass is 332 g/mol. The predicted octanol–water partition coefficient (Wildman–Crippen LogP) is 1.99. The molecule has 1 aromatic heterocycles. The molecule has 0 saturated carbocycles. The standard InChI is InChI=1S/C16H20N4O4/c1-11-6-4-5-7-14(11)24-12(2)8-17-16(21)10-19-9-15(20(22)23)18-13(19)3/h4-7,9,12H,8,10H2,1-3H3,(H,17,21)/t12-/m1/s1. The van der Waals surface area contributed by atoms with Crippen molar-refractivity contribution in [1.82, 2.24) is 14.9 Å². The molecule has 2 rings (SSSR count). The summed E-state index contributed by atoms with van der Waals surface area (Å²) in [5.41, 5.74) is 1.03. The van der Waals surface area contributed by atoms with Gasteiger partial charge in [0.2, 0.25) is 11.7 Å². The fraction of sp³-hybridized carbons (Fsp3) is 0.375. The third-order valence-corrected chi connectivity index (χ3v) is 3.47. The number of imidazole rings is 1. The van der Waals surface area contributed by atoms with E-state index in [4.69, 9.17) is 4.74 Å². The van der Waals surface area contributed by atoms with Crippen molar-refractivity contribution in [3.63, 3.8) is 0 Å². The van der Waals surface area contributed by atoms with E-state index in [2.05, 4.69) is 10.3 Å². The highest BCUT2D eigenvalue weighted by Gasteiger charge is 2.17. The molecule has 0 saturated heterocycles. The maximum Gasteiger partial charge on any atom is 0.381 e. The van der Waals surface area contributed by atoms with Gasteiger partial charge in [-0.25, -0.2) is 0 Å². The van der Waals surface area contributed by atoms with Gasteiger partial charge >= 0.3 is 5.82 Å². The van der Waals surface area contributed by atoms with Crippen molar-refractivity contribution in [2.24, 2.45) is 0 Å². The summed E-state index contributed by atoms with van der Waals surface area (Å²) in [6, 6.07) is 7.65. The molecule has 1 aromatic carbocycles. The first-order valence-electron chi connectivity index (χ1n) is 7.54. The Labute approximate surface area is 139 Å². The topological polar surface area (TPSA) is 99.3 Å². The second-order valence-corrected chi connectivity index (χ2v) is 5.53. The molecule has 0 fully saturated rings. The molecule has 1 amide bonds. The van der Waals surface area contributed by atoms with Crippen molar-refractivity contribution in [1.29, 1.82) is 0 Å². The second kappa shape index (κ2) is 7.58. The first-order chi connectivity index (χ1) is 11.4. The molecule has 1 heterocycles. The molecular formula is C16H20N4O4. The van der Waals surface area contributed by atoms with Gasteiger partial charge in [0.1, 0.15) is 24.6 Å². The number of nitro groups is 1. The number of nitrogens with zero attached hydrogens (tertiary/aromatic N) is 3. The van der Waals surface area contributed by atoms with E-state index in [1.165, 1.54) is 10.8 Å². The van der Waals surface area contributed by atoms with Gasteiger partial charge in [-0.3, -0.25) is 9.36 Å². The molecule has 8 nitrogen and oxygen atoms in total. The number of amides is 1. The zero-order valence-electron chi connectivity index (χ0n) is 13.9. The maximum atomic E-state index is 12.0. The Kier molecular flexibility index (Phi) is 5.51. The average molecular weight is 332 g/mol. The van der Waals surface area contributed by atoms with Crippen LogP contribution in [0.3, 0.4) is 0 Å². The number of carbonyl (C=O) groups is 1. The van der Waals surface area contributed by atoms with Crippen LogP contribution < -0.4 is 10.1 Å². The van der Waals surface area contributed by atoms with Crippen LogP contribution in [-0.2, 0) is 11.3 Å². The summed E-state index contributed by atoms with van der Waals surface area (Å²) in [5, 5.41) is 13.4. The molecule has 0 aliphatic carbocycles. The summed E-state index contributed by atoms with van der Waals surface area (Å²) in [5.74, 6) is 0.670. The van der Waals surface area contributed by atoms with Crippen LogP contribution in [0.5, 0.6) is 5.75 Å². The smallest absolute Gasteiger partial charge is 0.381 e. The molecule has 8 heteroatoms. The summed E-state index contributed by atoms with van der Waals surface area (Å²) in [4.78, 5) is 25.9. The third kappa shape index (κ3) is 4.55. The number of para-hydroxylation sites is 1. The summed E-state index contributed by atoms with van der Waals surface area (Å²) in [6.45, 7) is 5.74. The Morgan fingerprint density at radius 2 is 2.12 bits per heavy atom. The van der Waals surface area contributed by atoms with E-state index in [1.807, 2.05) is 38.1 Å². The number of ether oxygens (including phenoxy) is 1. The van der Waals surface area contributed by atoms with Crippen LogP contribution in [0.25, 0.3) is 0 Å². The van der Waals surface area contributed by atoms with E-state index in [0.717, 1.165) is 11.3 Å². The van der Waals surface area contributed by atoms with Crippen LogP contribution in [0.1, 0.15) is 18.3 Å². The van der Waals surface area contributed by atoms with Gasteiger partial charge in [0, 0.05) is 6.92 Å². The van der Waals surface area contributed by atoms with E-state index in [0.29, 0.717) is 12.4 Å². The molecule has 0 bridgehead atoms. The van der Waals surface area contributed by atoms with E-state index in [9.17, 15) is 14.9 Å². The molecule has 24 heavy (non-hydrogen) atoms. The lowest BCUT2D eigenvalue weighted by atomic mass is 10.2. The molecule has 0 aliphatic heterocycles. The number of nitrogens with one attached hydrogen (secondary N) is 1. The van der Waals surface area contributed by atoms with Crippen molar-refractivity contribution in [3.8, 4) is 5.75 Å². The highest BCUT2D eigenvalue weighted by atomic mass is 16.6. The summed E-state index contributed by atoms with van der Waals surface area (Å²) >= 11 is 0. The van der Waals surface area contributed by atoms with Gasteiger partial charge in [0.05, 0.1) is 6.54 Å². The minimum Gasteiger partial charge on any atom is -0.489 e. The van der Waals surface area contributed by atoms with E-state index < -0.39 is 4.92 Å². The maximum absolute atomic E-state index is 12.0. The van der Waals surface area contributed by atoms with Crippen LogP contribution in [0.4, 0.5) is 5.82 Å². The highest BCUT2D eigenvalue weighted by Crippen LogP contribution is 2.17. The number of benzene rings is 1. The number of hydrogen-bond acceptors (Lipinski definition) is 5. The van der Waals surface area contributed by atoms with Crippen LogP contribution >= 0.6 is 0 Å². The summed E-state index contributed by atoms with van der Waals surface area (Å²) in [6.07, 6.45) is 1.05. The zero-order chi connectivity index (χ0) is 17.7. The average Bonchev–Trinajstić information content (AvgIpc) is 2.89. The Balaban J connectivity index is 1.85. The Morgan fingerprint density at radius 3 is 2.75 bits per heavy atom. The first kappa shape index (κ1) is 17.5. The van der Waals surface area contributed by atoms with Gasteiger partial charge in [0.15, 0.2) is 0 Å². The SMILES string of the molecule is Cc1ccccc1O[C@H](C)CNC(=O)Cn1cc([N+](=O)[O-])nc1C. The lowest BCUT2D eigenvalue weighted by Crippen LogP contribution is -2.35. The molecule has 0 unspecified atom stereocenters. The van der Waals surface area contributed by atoms with Crippen LogP contribution in [0.2, 0.25) is 0 Å². The van der Waals surface area contributed by atoms with Gasteiger partial charge in [-0.15, -0.1) is 0 Å². The molecule has 1 N–H and O–H groups in total. The van der Waals surface area contributed by atoms with Crippen molar-refractivity contribution in [2.45, 2.75) is 33.4 Å². The molecule has 1 atom stereocenters. The number of aryl methyl sites for hydroxylation is 2. The molecular weight excluding hydrogens is 312 g/mol. The lowest BCUT2D eigenvalue weighted by Gasteiger charge is -2.17. The van der Waals surface area contributed by atoms with Crippen molar-refractivity contribution in [3.05, 3.63) is 52.0 Å². The Bertz CT molecular complexity index is 741. The van der Waals surface area contributed by atoms with Crippen molar-refractivity contribution in [2.75, 3.05) is 6.54 Å². The molecule has 0 spiro atoms. The first-order valence-corrected chi connectivity index (χ1v) is 7.54. The van der Waals surface area contributed by atoms with E-state index in [1.54, 1.807) is 6.92 Å². The predicted molar refractivity (Wildman–Crippen MR) is 87.9 cm³/mol. The van der Waals surface area contributed by atoms with Gasteiger partial charge < -0.3 is 20.2 Å². The van der Waals surface area contributed by atoms with E-state index >= 15 is 0 Å². The number of carbonyl (C=O) groups excluding carboxylic acids is 1. The lowest BCUT2D eigenvalue weighted by molar-refractivity contribution is -0.389. The molecule has 128 valence electrons. The molecule has 0 aliphatic rings. The highest BCUT2D eigenvalue weighted by molar-refractivity contribution is 5.75. The van der Waals surface area contributed by atoms with Crippen molar-refractivity contribution >= 4 is 11.7 Å². The molecule has 2 aromatic rings. The third-order valence-electron chi connectivity index (χ3n) is 3.47. The normalized spacial score (nSPS) is 11.8. The fourth-order valence-electron chi connectivity index (χ4n) is 2.15. The number of rotatable bonds is 7. The quantitative estimate of drug-likeness (QED) is 0.617. The largest absolute Gasteiger partial charge is 0.489 e. The van der Waals surface area contributed by atoms with Gasteiger partial charge in [-0.05, 0) is 35.4 Å². The molecule has 0 radical (unpaired) electrons. The summed E-state index contributed by atoms with van der Waals surface area (Å²) < 4.78 is 7.23. The van der Waals surface area contributed by atoms with Crippen LogP contribution in [0, 0.1) is 24.0 Å². The van der Waals surface area contributed by atoms with Gasteiger partial charge in [-0.2, -0.15) is 0 Å². The summed E-state index contributed by atoms with van der Waals surface area (Å²) in [7, 11) is 0. The van der Waals surface area contributed by atoms with E-state index in [-0.39, 0.29) is 24.4 Å². The Hall–Kier alpha value is -2.90.